The first-order chi connectivity index (χ1) is 13.3. The Morgan fingerprint density at radius 1 is 0.741 bits per heavy atom. The van der Waals surface area contributed by atoms with Crippen LogP contribution in [0, 0.1) is 0 Å². The summed E-state index contributed by atoms with van der Waals surface area (Å²) in [5, 5.41) is 6.02. The van der Waals surface area contributed by atoms with Crippen molar-refractivity contribution >= 4 is 10.8 Å². The van der Waals surface area contributed by atoms with Gasteiger partial charge in [-0.05, 0) is 33.5 Å². The molecule has 0 aliphatic heterocycles. The predicted molar refractivity (Wildman–Crippen MR) is 113 cm³/mol. The minimum absolute atomic E-state index is 0.772. The summed E-state index contributed by atoms with van der Waals surface area (Å²) in [6.07, 6.45) is 0. The van der Waals surface area contributed by atoms with Crippen LogP contribution in [-0.2, 0) is 13.1 Å². The minimum Gasteiger partial charge on any atom is -0.496 e. The van der Waals surface area contributed by atoms with Crippen LogP contribution in [0.1, 0.15) is 11.1 Å². The molecule has 0 amide bonds. The van der Waals surface area contributed by atoms with Gasteiger partial charge < -0.3 is 10.1 Å². The van der Waals surface area contributed by atoms with Crippen LogP contribution in [-0.4, -0.2) is 7.11 Å². The van der Waals surface area contributed by atoms with Gasteiger partial charge in [0.15, 0.2) is 0 Å². The van der Waals surface area contributed by atoms with Crippen LogP contribution in [0.5, 0.6) is 5.75 Å². The smallest absolute Gasteiger partial charge is 0.123 e. The molecule has 4 aromatic rings. The lowest BCUT2D eigenvalue weighted by Crippen LogP contribution is -2.13. The minimum atomic E-state index is 0.772. The summed E-state index contributed by atoms with van der Waals surface area (Å²) in [5.74, 6) is 0.918. The molecule has 2 nitrogen and oxygen atoms in total. The zero-order valence-corrected chi connectivity index (χ0v) is 15.5. The Balaban J connectivity index is 1.57. The van der Waals surface area contributed by atoms with Gasteiger partial charge >= 0.3 is 0 Å². The number of hydrogen-bond donors (Lipinski definition) is 1. The summed E-state index contributed by atoms with van der Waals surface area (Å²) in [5.41, 5.74) is 4.85. The lowest BCUT2D eigenvalue weighted by Gasteiger charge is -2.13. The van der Waals surface area contributed by atoms with Crippen LogP contribution in [0.3, 0.4) is 0 Å². The molecule has 0 aliphatic carbocycles. The van der Waals surface area contributed by atoms with Gasteiger partial charge in [0.25, 0.3) is 0 Å². The number of fused-ring (bicyclic) bond motifs is 1. The molecule has 0 aromatic heterocycles. The molecule has 0 bridgehead atoms. The maximum absolute atomic E-state index is 5.68. The molecule has 0 fully saturated rings. The lowest BCUT2D eigenvalue weighted by atomic mass is 9.97. The Bertz CT molecular complexity index is 1040. The van der Waals surface area contributed by atoms with Crippen molar-refractivity contribution in [1.82, 2.24) is 5.32 Å². The topological polar surface area (TPSA) is 21.3 Å². The fraction of sp³-hybridized carbons (Fsp3) is 0.120. The van der Waals surface area contributed by atoms with E-state index in [2.05, 4.69) is 90.2 Å². The summed E-state index contributed by atoms with van der Waals surface area (Å²) in [7, 11) is 1.74. The molecule has 134 valence electrons. The van der Waals surface area contributed by atoms with Crippen molar-refractivity contribution in [2.75, 3.05) is 7.11 Å². The fourth-order valence-corrected chi connectivity index (χ4v) is 3.47. The van der Waals surface area contributed by atoms with Crippen molar-refractivity contribution in [3.05, 3.63) is 102 Å². The third-order valence-corrected chi connectivity index (χ3v) is 4.88. The van der Waals surface area contributed by atoms with Gasteiger partial charge in [-0.15, -0.1) is 0 Å². The predicted octanol–water partition coefficient (Wildman–Crippen LogP) is 5.81. The van der Waals surface area contributed by atoms with Gasteiger partial charge in [0.2, 0.25) is 0 Å². The molecule has 4 rings (SSSR count). The molecule has 1 N–H and O–H groups in total. The van der Waals surface area contributed by atoms with Gasteiger partial charge in [-0.3, -0.25) is 0 Å². The highest BCUT2D eigenvalue weighted by Crippen LogP contribution is 2.32. The van der Waals surface area contributed by atoms with Crippen molar-refractivity contribution in [1.29, 1.82) is 0 Å². The summed E-state index contributed by atoms with van der Waals surface area (Å²) < 4.78 is 5.68. The number of hydrogen-bond acceptors (Lipinski definition) is 2. The van der Waals surface area contributed by atoms with Crippen LogP contribution in [0.4, 0.5) is 0 Å². The monoisotopic (exact) mass is 353 g/mol. The van der Waals surface area contributed by atoms with Crippen LogP contribution in [0.25, 0.3) is 21.9 Å². The third-order valence-electron chi connectivity index (χ3n) is 4.88. The molecule has 4 aromatic carbocycles. The quantitative estimate of drug-likeness (QED) is 0.473. The van der Waals surface area contributed by atoms with E-state index in [4.69, 9.17) is 4.74 Å². The lowest BCUT2D eigenvalue weighted by molar-refractivity contribution is 0.408. The SMILES string of the molecule is COc1cc(-c2cccc3ccccc23)ccc1CNCc1ccccc1. The fourth-order valence-electron chi connectivity index (χ4n) is 3.47. The van der Waals surface area contributed by atoms with Crippen molar-refractivity contribution in [3.8, 4) is 16.9 Å². The molecule has 0 radical (unpaired) electrons. The average Bonchev–Trinajstić information content (AvgIpc) is 2.74. The molecule has 2 heteroatoms. The third kappa shape index (κ3) is 3.86. The molecule has 0 unspecified atom stereocenters. The maximum Gasteiger partial charge on any atom is 0.123 e. The Hall–Kier alpha value is -3.10. The summed E-state index contributed by atoms with van der Waals surface area (Å²) in [6.45, 7) is 1.61. The van der Waals surface area contributed by atoms with Gasteiger partial charge in [0, 0.05) is 18.7 Å². The number of benzene rings is 4. The van der Waals surface area contributed by atoms with E-state index in [1.165, 1.54) is 27.5 Å². The summed E-state index contributed by atoms with van der Waals surface area (Å²) in [6, 6.07) is 31.8. The summed E-state index contributed by atoms with van der Waals surface area (Å²) >= 11 is 0. The highest BCUT2D eigenvalue weighted by atomic mass is 16.5. The van der Waals surface area contributed by atoms with Crippen molar-refractivity contribution in [2.45, 2.75) is 13.1 Å². The van der Waals surface area contributed by atoms with E-state index in [9.17, 15) is 0 Å². The average molecular weight is 353 g/mol. The van der Waals surface area contributed by atoms with E-state index < -0.39 is 0 Å². The zero-order valence-electron chi connectivity index (χ0n) is 15.5. The molecule has 0 saturated heterocycles. The van der Waals surface area contributed by atoms with Crippen molar-refractivity contribution in [3.63, 3.8) is 0 Å². The van der Waals surface area contributed by atoms with Gasteiger partial charge in [0.1, 0.15) is 5.75 Å². The zero-order chi connectivity index (χ0) is 18.5. The first-order valence-corrected chi connectivity index (χ1v) is 9.25. The van der Waals surface area contributed by atoms with E-state index in [0.29, 0.717) is 0 Å². The molecule has 0 atom stereocenters. The highest BCUT2D eigenvalue weighted by molar-refractivity contribution is 5.96. The number of methoxy groups -OCH3 is 1. The Morgan fingerprint density at radius 3 is 2.37 bits per heavy atom. The number of ether oxygens (including phenoxy) is 1. The second-order valence-electron chi connectivity index (χ2n) is 6.64. The van der Waals surface area contributed by atoms with Crippen LogP contribution in [0.15, 0.2) is 91.0 Å². The normalized spacial score (nSPS) is 10.9. The highest BCUT2D eigenvalue weighted by Gasteiger charge is 2.08. The Morgan fingerprint density at radius 2 is 1.52 bits per heavy atom. The number of nitrogens with one attached hydrogen (secondary N) is 1. The van der Waals surface area contributed by atoms with Gasteiger partial charge in [-0.25, -0.2) is 0 Å². The standard InChI is InChI=1S/C25H23NO/c1-27-25-16-21(24-13-7-11-20-10-5-6-12-23(20)24)14-15-22(25)18-26-17-19-8-3-2-4-9-19/h2-16,26H,17-18H2,1H3. The van der Waals surface area contributed by atoms with Crippen LogP contribution >= 0.6 is 0 Å². The molecule has 27 heavy (non-hydrogen) atoms. The van der Waals surface area contributed by atoms with Gasteiger partial charge in [-0.2, -0.15) is 0 Å². The van der Waals surface area contributed by atoms with E-state index >= 15 is 0 Å². The van der Waals surface area contributed by atoms with E-state index in [0.717, 1.165) is 24.4 Å². The molecule has 0 heterocycles. The van der Waals surface area contributed by atoms with Crippen molar-refractivity contribution < 1.29 is 4.74 Å². The van der Waals surface area contributed by atoms with Crippen LogP contribution < -0.4 is 10.1 Å². The van der Waals surface area contributed by atoms with E-state index in [1.807, 2.05) is 6.07 Å². The number of rotatable bonds is 6. The van der Waals surface area contributed by atoms with Gasteiger partial charge in [0.05, 0.1) is 7.11 Å². The second kappa shape index (κ2) is 8.07. The molecular formula is C25H23NO. The Kier molecular flexibility index (Phi) is 5.17. The molecule has 0 saturated carbocycles. The van der Waals surface area contributed by atoms with Crippen molar-refractivity contribution in [2.24, 2.45) is 0 Å². The van der Waals surface area contributed by atoms with E-state index in [1.54, 1.807) is 7.11 Å². The van der Waals surface area contributed by atoms with E-state index in [-0.39, 0.29) is 0 Å². The maximum atomic E-state index is 5.68. The largest absolute Gasteiger partial charge is 0.496 e. The summed E-state index contributed by atoms with van der Waals surface area (Å²) in [4.78, 5) is 0. The molecular weight excluding hydrogens is 330 g/mol. The van der Waals surface area contributed by atoms with Crippen LogP contribution in [0.2, 0.25) is 0 Å². The van der Waals surface area contributed by atoms with Gasteiger partial charge in [-0.1, -0.05) is 84.9 Å². The Labute approximate surface area is 160 Å². The molecule has 0 aliphatic rings. The second-order valence-corrected chi connectivity index (χ2v) is 6.64. The first-order valence-electron chi connectivity index (χ1n) is 9.25. The first kappa shape index (κ1) is 17.3. The molecule has 0 spiro atoms.